The van der Waals surface area contributed by atoms with Gasteiger partial charge in [0.1, 0.15) is 0 Å². The smallest absolute Gasteiger partial charge is 0.426 e. The summed E-state index contributed by atoms with van der Waals surface area (Å²) in [6.45, 7) is 2.41. The highest BCUT2D eigenvalue weighted by atomic mass is 16.5. The number of hydrogen-bond donors (Lipinski definition) is 1. The number of anilines is 2. The standard InChI is InChI=1S/C14H14N3O/c1-2-18-14-10-12(8-9-13(14)17-15)16-11-6-4-3-5-7-11/h3-10,16H,2H2,1H3/q+1. The molecule has 2 aromatic carbocycles. The van der Waals surface area contributed by atoms with Gasteiger partial charge in [-0.25, -0.2) is 0 Å². The van der Waals surface area contributed by atoms with Gasteiger partial charge in [-0.3, -0.25) is 0 Å². The molecule has 0 spiro atoms. The van der Waals surface area contributed by atoms with Crippen LogP contribution in [0, 0.1) is 5.39 Å². The number of nitrogens with zero attached hydrogens (tertiary/aromatic N) is 2. The molecule has 0 amide bonds. The van der Waals surface area contributed by atoms with E-state index in [4.69, 9.17) is 10.1 Å². The molecule has 0 heterocycles. The van der Waals surface area contributed by atoms with Gasteiger partial charge in [0.25, 0.3) is 0 Å². The number of diazo groups is 1. The summed E-state index contributed by atoms with van der Waals surface area (Å²) >= 11 is 0. The fourth-order valence-electron chi connectivity index (χ4n) is 1.63. The van der Waals surface area contributed by atoms with Crippen molar-refractivity contribution < 1.29 is 4.74 Å². The van der Waals surface area contributed by atoms with Crippen molar-refractivity contribution in [1.29, 1.82) is 5.39 Å². The molecule has 0 aliphatic heterocycles. The van der Waals surface area contributed by atoms with Crippen LogP contribution in [0.3, 0.4) is 0 Å². The van der Waals surface area contributed by atoms with Crippen LogP contribution in [0.4, 0.5) is 17.1 Å². The summed E-state index contributed by atoms with van der Waals surface area (Å²) in [6, 6.07) is 15.2. The van der Waals surface area contributed by atoms with Gasteiger partial charge in [0.05, 0.1) is 6.61 Å². The Balaban J connectivity index is 2.25. The number of benzene rings is 2. The van der Waals surface area contributed by atoms with E-state index < -0.39 is 0 Å². The van der Waals surface area contributed by atoms with Crippen molar-refractivity contribution in [3.05, 3.63) is 53.5 Å². The molecule has 2 aromatic rings. The normalized spacial score (nSPS) is 9.56. The number of para-hydroxylation sites is 1. The molecule has 0 aliphatic carbocycles. The number of nitrogens with one attached hydrogen (secondary N) is 1. The first-order valence-corrected chi connectivity index (χ1v) is 5.77. The average Bonchev–Trinajstić information content (AvgIpc) is 2.41. The lowest BCUT2D eigenvalue weighted by atomic mass is 10.2. The summed E-state index contributed by atoms with van der Waals surface area (Å²) in [4.78, 5) is 3.18. The lowest BCUT2D eigenvalue weighted by molar-refractivity contribution is 0.342. The number of hydrogen-bond acceptors (Lipinski definition) is 3. The van der Waals surface area contributed by atoms with Crippen LogP contribution < -0.4 is 10.1 Å². The van der Waals surface area contributed by atoms with Crippen LogP contribution in [-0.4, -0.2) is 6.61 Å². The molecule has 0 saturated heterocycles. The first-order valence-electron chi connectivity index (χ1n) is 5.77. The van der Waals surface area contributed by atoms with Gasteiger partial charge in [-0.2, -0.15) is 0 Å². The third-order valence-electron chi connectivity index (χ3n) is 2.43. The SMILES string of the molecule is CCOc1cc(Nc2ccccc2)ccc1[N+]#N. The van der Waals surface area contributed by atoms with Crippen molar-refractivity contribution in [3.8, 4) is 5.75 Å². The molecular formula is C14H14N3O+. The molecule has 0 saturated carbocycles. The maximum atomic E-state index is 8.85. The van der Waals surface area contributed by atoms with Crippen molar-refractivity contribution in [1.82, 2.24) is 0 Å². The molecule has 0 aliphatic rings. The second-order valence-electron chi connectivity index (χ2n) is 3.71. The lowest BCUT2D eigenvalue weighted by Crippen LogP contribution is -1.94. The molecule has 1 N–H and O–H groups in total. The van der Waals surface area contributed by atoms with E-state index in [1.807, 2.05) is 49.4 Å². The zero-order chi connectivity index (χ0) is 12.8. The minimum absolute atomic E-state index is 0.426. The highest BCUT2D eigenvalue weighted by Gasteiger charge is 2.15. The molecule has 18 heavy (non-hydrogen) atoms. The van der Waals surface area contributed by atoms with E-state index in [1.54, 1.807) is 6.07 Å². The first kappa shape index (κ1) is 11.9. The van der Waals surface area contributed by atoms with Crippen LogP contribution in [0.5, 0.6) is 5.75 Å². The summed E-state index contributed by atoms with van der Waals surface area (Å²) in [5, 5.41) is 12.1. The van der Waals surface area contributed by atoms with E-state index in [9.17, 15) is 0 Å². The summed E-state index contributed by atoms with van der Waals surface area (Å²) < 4.78 is 5.41. The number of ether oxygens (including phenoxy) is 1. The van der Waals surface area contributed by atoms with E-state index >= 15 is 0 Å². The highest BCUT2D eigenvalue weighted by Crippen LogP contribution is 2.31. The van der Waals surface area contributed by atoms with Gasteiger partial charge < -0.3 is 10.1 Å². The van der Waals surface area contributed by atoms with Gasteiger partial charge in [0.15, 0.2) is 4.98 Å². The van der Waals surface area contributed by atoms with E-state index in [0.29, 0.717) is 18.0 Å². The van der Waals surface area contributed by atoms with Gasteiger partial charge >= 0.3 is 5.69 Å². The highest BCUT2D eigenvalue weighted by molar-refractivity contribution is 5.68. The topological polar surface area (TPSA) is 49.4 Å². The Morgan fingerprint density at radius 3 is 2.56 bits per heavy atom. The molecule has 4 nitrogen and oxygen atoms in total. The van der Waals surface area contributed by atoms with Crippen molar-refractivity contribution in [2.45, 2.75) is 6.92 Å². The predicted octanol–water partition coefficient (Wildman–Crippen LogP) is 4.31. The minimum atomic E-state index is 0.426. The predicted molar refractivity (Wildman–Crippen MR) is 72.1 cm³/mol. The van der Waals surface area contributed by atoms with Crippen LogP contribution in [0.25, 0.3) is 4.98 Å². The Morgan fingerprint density at radius 2 is 1.89 bits per heavy atom. The second kappa shape index (κ2) is 5.69. The summed E-state index contributed by atoms with van der Waals surface area (Å²) in [7, 11) is 0. The lowest BCUT2D eigenvalue weighted by Gasteiger charge is -2.07. The van der Waals surface area contributed by atoms with Gasteiger partial charge in [-0.05, 0) is 25.1 Å². The Kier molecular flexibility index (Phi) is 3.77. The fourth-order valence-corrected chi connectivity index (χ4v) is 1.63. The third kappa shape index (κ3) is 2.77. The molecule has 0 aromatic heterocycles. The van der Waals surface area contributed by atoms with Crippen LogP contribution in [0.1, 0.15) is 6.92 Å². The van der Waals surface area contributed by atoms with Crippen LogP contribution in [-0.2, 0) is 0 Å². The van der Waals surface area contributed by atoms with Gasteiger partial charge in [0, 0.05) is 23.5 Å². The Morgan fingerprint density at radius 1 is 1.11 bits per heavy atom. The van der Waals surface area contributed by atoms with E-state index in [-0.39, 0.29) is 0 Å². The second-order valence-corrected chi connectivity index (χ2v) is 3.71. The zero-order valence-electron chi connectivity index (χ0n) is 10.1. The molecule has 4 heteroatoms. The molecule has 0 fully saturated rings. The van der Waals surface area contributed by atoms with E-state index in [2.05, 4.69) is 10.3 Å². The third-order valence-corrected chi connectivity index (χ3v) is 2.43. The average molecular weight is 240 g/mol. The van der Waals surface area contributed by atoms with Gasteiger partial charge in [0.2, 0.25) is 11.1 Å². The maximum Gasteiger partial charge on any atom is 0.426 e. The Hall–Kier alpha value is -2.54. The van der Waals surface area contributed by atoms with Gasteiger partial charge in [-0.15, -0.1) is 0 Å². The quantitative estimate of drug-likeness (QED) is 0.810. The van der Waals surface area contributed by atoms with Crippen LogP contribution in [0.15, 0.2) is 48.5 Å². The first-order chi connectivity index (χ1) is 8.83. The van der Waals surface area contributed by atoms with Crippen molar-refractivity contribution in [2.24, 2.45) is 0 Å². The Bertz CT molecular complexity index is 561. The molecule has 0 unspecified atom stereocenters. The minimum Gasteiger partial charge on any atom is -0.486 e. The van der Waals surface area contributed by atoms with E-state index in [1.165, 1.54) is 0 Å². The van der Waals surface area contributed by atoms with Crippen molar-refractivity contribution in [2.75, 3.05) is 11.9 Å². The summed E-state index contributed by atoms with van der Waals surface area (Å²) in [5.74, 6) is 0.556. The maximum absolute atomic E-state index is 8.85. The largest absolute Gasteiger partial charge is 0.486 e. The zero-order valence-corrected chi connectivity index (χ0v) is 10.1. The van der Waals surface area contributed by atoms with Gasteiger partial charge in [-0.1, -0.05) is 18.2 Å². The van der Waals surface area contributed by atoms with Crippen molar-refractivity contribution in [3.63, 3.8) is 0 Å². The molecule has 0 atom stereocenters. The molecule has 90 valence electrons. The number of rotatable bonds is 4. The molecule has 0 bridgehead atoms. The molecule has 0 radical (unpaired) electrons. The monoisotopic (exact) mass is 240 g/mol. The Labute approximate surface area is 106 Å². The van der Waals surface area contributed by atoms with E-state index in [0.717, 1.165) is 11.4 Å². The fraction of sp³-hybridized carbons (Fsp3) is 0.143. The molecular weight excluding hydrogens is 226 g/mol. The summed E-state index contributed by atoms with van der Waals surface area (Å²) in [6.07, 6.45) is 0. The van der Waals surface area contributed by atoms with Crippen LogP contribution >= 0.6 is 0 Å². The molecule has 2 rings (SSSR count). The summed E-state index contributed by atoms with van der Waals surface area (Å²) in [5.41, 5.74) is 2.31. The van der Waals surface area contributed by atoms with Crippen LogP contribution in [0.2, 0.25) is 0 Å². The van der Waals surface area contributed by atoms with Crippen molar-refractivity contribution >= 4 is 17.1 Å².